The quantitative estimate of drug-likeness (QED) is 0.813. The van der Waals surface area contributed by atoms with E-state index in [0.717, 1.165) is 31.2 Å². The van der Waals surface area contributed by atoms with Crippen molar-refractivity contribution >= 4 is 11.8 Å². The van der Waals surface area contributed by atoms with E-state index in [-0.39, 0.29) is 36.2 Å². The molecule has 0 bridgehead atoms. The summed E-state index contributed by atoms with van der Waals surface area (Å²) >= 11 is 0. The second-order valence-electron chi connectivity index (χ2n) is 6.05. The van der Waals surface area contributed by atoms with Crippen LogP contribution in [0.2, 0.25) is 0 Å². The summed E-state index contributed by atoms with van der Waals surface area (Å²) in [7, 11) is 0. The average molecular weight is 302 g/mol. The molecule has 1 aliphatic rings. The summed E-state index contributed by atoms with van der Waals surface area (Å²) in [6.07, 6.45) is 4.35. The van der Waals surface area contributed by atoms with Crippen LogP contribution >= 0.6 is 0 Å². The molecule has 2 amide bonds. The van der Waals surface area contributed by atoms with Crippen molar-refractivity contribution in [2.45, 2.75) is 58.0 Å². The minimum absolute atomic E-state index is 0.000830. The smallest absolute Gasteiger partial charge is 0.226 e. The molecule has 0 saturated carbocycles. The van der Waals surface area contributed by atoms with Gasteiger partial charge in [-0.05, 0) is 18.4 Å². The number of rotatable bonds is 7. The maximum atomic E-state index is 12.6. The molecule has 120 valence electrons. The van der Waals surface area contributed by atoms with Crippen molar-refractivity contribution in [1.82, 2.24) is 10.6 Å². The van der Waals surface area contributed by atoms with Gasteiger partial charge in [-0.15, -0.1) is 0 Å². The van der Waals surface area contributed by atoms with E-state index in [4.69, 9.17) is 0 Å². The van der Waals surface area contributed by atoms with Crippen molar-refractivity contribution in [1.29, 1.82) is 0 Å². The van der Waals surface area contributed by atoms with Crippen LogP contribution in [0, 0.1) is 5.92 Å². The van der Waals surface area contributed by atoms with Gasteiger partial charge in [-0.3, -0.25) is 9.59 Å². The van der Waals surface area contributed by atoms with Crippen molar-refractivity contribution < 1.29 is 9.59 Å². The van der Waals surface area contributed by atoms with E-state index in [1.54, 1.807) is 0 Å². The van der Waals surface area contributed by atoms with Crippen LogP contribution in [0.25, 0.3) is 0 Å². The first-order valence-electron chi connectivity index (χ1n) is 8.30. The Labute approximate surface area is 132 Å². The molecule has 0 aliphatic carbocycles. The Morgan fingerprint density at radius 1 is 1.23 bits per heavy atom. The molecule has 2 rings (SSSR count). The topological polar surface area (TPSA) is 58.2 Å². The number of amides is 2. The van der Waals surface area contributed by atoms with E-state index in [1.807, 2.05) is 30.3 Å². The van der Waals surface area contributed by atoms with Gasteiger partial charge in [-0.25, -0.2) is 0 Å². The largest absolute Gasteiger partial charge is 0.353 e. The second kappa shape index (κ2) is 7.97. The molecule has 0 unspecified atom stereocenters. The van der Waals surface area contributed by atoms with Crippen molar-refractivity contribution in [2.75, 3.05) is 0 Å². The van der Waals surface area contributed by atoms with Gasteiger partial charge < -0.3 is 10.6 Å². The van der Waals surface area contributed by atoms with Crippen molar-refractivity contribution in [2.24, 2.45) is 5.92 Å². The van der Waals surface area contributed by atoms with Crippen LogP contribution in [0.1, 0.15) is 57.6 Å². The minimum Gasteiger partial charge on any atom is -0.353 e. The molecule has 22 heavy (non-hydrogen) atoms. The van der Waals surface area contributed by atoms with Crippen LogP contribution in [-0.4, -0.2) is 17.9 Å². The molecule has 4 nitrogen and oxygen atoms in total. The highest BCUT2D eigenvalue weighted by molar-refractivity contribution is 5.90. The summed E-state index contributed by atoms with van der Waals surface area (Å²) in [6.45, 7) is 4.25. The van der Waals surface area contributed by atoms with E-state index in [9.17, 15) is 9.59 Å². The van der Waals surface area contributed by atoms with Gasteiger partial charge in [0.1, 0.15) is 0 Å². The van der Waals surface area contributed by atoms with Crippen LogP contribution in [0.5, 0.6) is 0 Å². The van der Waals surface area contributed by atoms with E-state index in [0.29, 0.717) is 0 Å². The zero-order valence-electron chi connectivity index (χ0n) is 13.5. The molecule has 1 saturated heterocycles. The number of benzene rings is 1. The fourth-order valence-electron chi connectivity index (χ4n) is 3.16. The molecule has 0 spiro atoms. The van der Waals surface area contributed by atoms with Crippen LogP contribution in [0.4, 0.5) is 0 Å². The summed E-state index contributed by atoms with van der Waals surface area (Å²) in [5, 5.41) is 6.09. The van der Waals surface area contributed by atoms with E-state index in [2.05, 4.69) is 24.5 Å². The maximum absolute atomic E-state index is 12.6. The standard InChI is InChI=1S/C18H26N2O2/c1-3-8-14(9-4-2)19-18(22)15-12-16(21)20-17(15)13-10-6-5-7-11-13/h5-7,10-11,14-15,17H,3-4,8-9,12H2,1-2H3,(H,19,22)(H,20,21)/t15-,17+/m0/s1. The molecule has 2 atom stereocenters. The van der Waals surface area contributed by atoms with Crippen molar-refractivity contribution in [3.05, 3.63) is 35.9 Å². The highest BCUT2D eigenvalue weighted by Gasteiger charge is 2.38. The maximum Gasteiger partial charge on any atom is 0.226 e. The SMILES string of the molecule is CCCC(CCC)NC(=O)[C@H]1CC(=O)N[C@@H]1c1ccccc1. The van der Waals surface area contributed by atoms with Gasteiger partial charge in [0, 0.05) is 12.5 Å². The third-order valence-electron chi connectivity index (χ3n) is 4.24. The zero-order valence-corrected chi connectivity index (χ0v) is 13.5. The predicted molar refractivity (Wildman–Crippen MR) is 87.2 cm³/mol. The second-order valence-corrected chi connectivity index (χ2v) is 6.05. The van der Waals surface area contributed by atoms with Crippen molar-refractivity contribution in [3.63, 3.8) is 0 Å². The Morgan fingerprint density at radius 2 is 1.86 bits per heavy atom. The Balaban J connectivity index is 2.07. The number of carbonyl (C=O) groups excluding carboxylic acids is 2. The fourth-order valence-corrected chi connectivity index (χ4v) is 3.16. The average Bonchev–Trinajstić information content (AvgIpc) is 2.91. The summed E-state index contributed by atoms with van der Waals surface area (Å²) in [6, 6.07) is 9.75. The highest BCUT2D eigenvalue weighted by atomic mass is 16.2. The van der Waals surface area contributed by atoms with Crippen LogP contribution in [0.3, 0.4) is 0 Å². The fraction of sp³-hybridized carbons (Fsp3) is 0.556. The number of hydrogen-bond acceptors (Lipinski definition) is 2. The van der Waals surface area contributed by atoms with Crippen LogP contribution in [0.15, 0.2) is 30.3 Å². The van der Waals surface area contributed by atoms with Gasteiger partial charge in [0.25, 0.3) is 0 Å². The normalized spacial score (nSPS) is 21.0. The number of nitrogens with one attached hydrogen (secondary N) is 2. The molecule has 0 aromatic heterocycles. The van der Waals surface area contributed by atoms with E-state index in [1.165, 1.54) is 0 Å². The van der Waals surface area contributed by atoms with E-state index < -0.39 is 0 Å². The van der Waals surface area contributed by atoms with Gasteiger partial charge in [0.05, 0.1) is 12.0 Å². The molecular formula is C18H26N2O2. The lowest BCUT2D eigenvalue weighted by atomic mass is 9.92. The summed E-state index contributed by atoms with van der Waals surface area (Å²) in [5.74, 6) is -0.359. The Hall–Kier alpha value is -1.84. The summed E-state index contributed by atoms with van der Waals surface area (Å²) in [5.41, 5.74) is 0.996. The molecule has 4 heteroatoms. The van der Waals surface area contributed by atoms with Crippen LogP contribution in [-0.2, 0) is 9.59 Å². The van der Waals surface area contributed by atoms with Crippen molar-refractivity contribution in [3.8, 4) is 0 Å². The Morgan fingerprint density at radius 3 is 2.45 bits per heavy atom. The molecule has 1 aliphatic heterocycles. The van der Waals surface area contributed by atoms with Gasteiger partial charge >= 0.3 is 0 Å². The molecule has 1 aromatic carbocycles. The molecule has 1 heterocycles. The third kappa shape index (κ3) is 4.09. The highest BCUT2D eigenvalue weighted by Crippen LogP contribution is 2.30. The molecular weight excluding hydrogens is 276 g/mol. The van der Waals surface area contributed by atoms with Crippen LogP contribution < -0.4 is 10.6 Å². The molecule has 0 radical (unpaired) electrons. The lowest BCUT2D eigenvalue weighted by Gasteiger charge is -2.23. The first-order valence-corrected chi connectivity index (χ1v) is 8.30. The lowest BCUT2D eigenvalue weighted by Crippen LogP contribution is -2.40. The lowest BCUT2D eigenvalue weighted by molar-refractivity contribution is -0.127. The van der Waals surface area contributed by atoms with Gasteiger partial charge in [-0.2, -0.15) is 0 Å². The summed E-state index contributed by atoms with van der Waals surface area (Å²) < 4.78 is 0. The monoisotopic (exact) mass is 302 g/mol. The van der Waals surface area contributed by atoms with E-state index >= 15 is 0 Å². The van der Waals surface area contributed by atoms with Gasteiger partial charge in [0.2, 0.25) is 11.8 Å². The van der Waals surface area contributed by atoms with Gasteiger partial charge in [-0.1, -0.05) is 57.0 Å². The minimum atomic E-state index is -0.314. The first kappa shape index (κ1) is 16.5. The zero-order chi connectivity index (χ0) is 15.9. The third-order valence-corrected chi connectivity index (χ3v) is 4.24. The summed E-state index contributed by atoms with van der Waals surface area (Å²) in [4.78, 5) is 24.4. The molecule has 1 aromatic rings. The molecule has 2 N–H and O–H groups in total. The number of hydrogen-bond donors (Lipinski definition) is 2. The Kier molecular flexibility index (Phi) is 5.99. The first-order chi connectivity index (χ1) is 10.7. The molecule has 1 fully saturated rings. The Bertz CT molecular complexity index is 495. The number of carbonyl (C=O) groups is 2. The predicted octanol–water partition coefficient (Wildman–Crippen LogP) is 2.95. The van der Waals surface area contributed by atoms with Gasteiger partial charge in [0.15, 0.2) is 0 Å².